The van der Waals surface area contributed by atoms with Gasteiger partial charge >= 0.3 is 0 Å². The molecule has 0 aliphatic carbocycles. The summed E-state index contributed by atoms with van der Waals surface area (Å²) in [5, 5.41) is 4.50. The lowest BCUT2D eigenvalue weighted by Crippen LogP contribution is -2.17. The Hall–Kier alpha value is -1.05. The second-order valence-corrected chi connectivity index (χ2v) is 5.35. The minimum absolute atomic E-state index is 0.318. The van der Waals surface area contributed by atoms with Crippen LogP contribution in [0.15, 0.2) is 39.9 Å². The smallest absolute Gasteiger partial charge is 0.271 e. The normalized spacial score (nSPS) is 10.9. The molecule has 2 aromatic rings. The Morgan fingerprint density at radius 3 is 2.68 bits per heavy atom. The first-order chi connectivity index (χ1) is 9.06. The van der Waals surface area contributed by atoms with Crippen molar-refractivity contribution in [3.8, 4) is 0 Å². The van der Waals surface area contributed by atoms with Crippen LogP contribution in [0.4, 0.5) is 0 Å². The third kappa shape index (κ3) is 3.95. The van der Waals surface area contributed by atoms with Crippen molar-refractivity contribution in [2.45, 2.75) is 0 Å². The molecular weight excluding hydrogens is 402 g/mol. The van der Waals surface area contributed by atoms with Crippen molar-refractivity contribution in [1.82, 2.24) is 5.43 Å². The van der Waals surface area contributed by atoms with Gasteiger partial charge in [-0.2, -0.15) is 5.10 Å². The number of hydrogen-bond acceptors (Lipinski definition) is 3. The van der Waals surface area contributed by atoms with Crippen molar-refractivity contribution in [2.24, 2.45) is 5.10 Å². The molecule has 98 valence electrons. The lowest BCUT2D eigenvalue weighted by atomic mass is 10.2. The van der Waals surface area contributed by atoms with E-state index in [1.807, 2.05) is 22.6 Å². The van der Waals surface area contributed by atoms with Crippen LogP contribution in [0.5, 0.6) is 0 Å². The zero-order valence-electron chi connectivity index (χ0n) is 9.36. The Morgan fingerprint density at radius 2 is 2.05 bits per heavy atom. The number of hydrogen-bond donors (Lipinski definition) is 1. The summed E-state index contributed by atoms with van der Waals surface area (Å²) >= 11 is 13.6. The number of carbonyl (C=O) groups excluding carboxylic acids is 1. The predicted molar refractivity (Wildman–Crippen MR) is 82.9 cm³/mol. The standard InChI is InChI=1S/C12H7Cl2IN2O2/c13-9-3-1-7(5-10(9)14)12(18)17-16-6-8-2-4-11(15)19-8/h1-6H,(H,17,18)/b16-6+. The van der Waals surface area contributed by atoms with Crippen LogP contribution in [-0.4, -0.2) is 12.1 Å². The van der Waals surface area contributed by atoms with Gasteiger partial charge in [-0.05, 0) is 52.9 Å². The molecule has 0 spiro atoms. The van der Waals surface area contributed by atoms with E-state index in [2.05, 4.69) is 10.5 Å². The number of hydrazone groups is 1. The quantitative estimate of drug-likeness (QED) is 0.474. The largest absolute Gasteiger partial charge is 0.449 e. The molecule has 0 aliphatic rings. The fraction of sp³-hybridized carbons (Fsp3) is 0. The summed E-state index contributed by atoms with van der Waals surface area (Å²) in [5.74, 6) is 0.176. The first-order valence-corrected chi connectivity index (χ1v) is 6.93. The van der Waals surface area contributed by atoms with E-state index in [9.17, 15) is 4.79 Å². The molecule has 0 saturated carbocycles. The van der Waals surface area contributed by atoms with Gasteiger partial charge in [-0.1, -0.05) is 23.2 Å². The maximum Gasteiger partial charge on any atom is 0.271 e. The average Bonchev–Trinajstić information content (AvgIpc) is 2.78. The average molecular weight is 409 g/mol. The minimum atomic E-state index is -0.379. The number of benzene rings is 1. The lowest BCUT2D eigenvalue weighted by Gasteiger charge is -2.01. The number of halogens is 3. The molecule has 1 amide bonds. The summed E-state index contributed by atoms with van der Waals surface area (Å²) in [7, 11) is 0. The van der Waals surface area contributed by atoms with Crippen molar-refractivity contribution in [3.63, 3.8) is 0 Å². The highest BCUT2D eigenvalue weighted by Gasteiger charge is 2.06. The van der Waals surface area contributed by atoms with Gasteiger partial charge in [-0.25, -0.2) is 5.43 Å². The zero-order valence-corrected chi connectivity index (χ0v) is 13.0. The van der Waals surface area contributed by atoms with Gasteiger partial charge in [0.15, 0.2) is 3.77 Å². The Bertz CT molecular complexity index is 640. The first-order valence-electron chi connectivity index (χ1n) is 5.10. The van der Waals surface area contributed by atoms with Crippen molar-refractivity contribution in [3.05, 3.63) is 55.5 Å². The third-order valence-corrected chi connectivity index (χ3v) is 3.45. The SMILES string of the molecule is O=C(N/N=C/c1ccc(I)o1)c1ccc(Cl)c(Cl)c1. The maximum absolute atomic E-state index is 11.7. The fourth-order valence-corrected chi connectivity index (χ4v) is 1.99. The van der Waals surface area contributed by atoms with E-state index in [4.69, 9.17) is 27.6 Å². The Morgan fingerprint density at radius 1 is 1.26 bits per heavy atom. The highest BCUT2D eigenvalue weighted by atomic mass is 127. The summed E-state index contributed by atoms with van der Waals surface area (Å²) in [5.41, 5.74) is 2.75. The number of carbonyl (C=O) groups is 1. The van der Waals surface area contributed by atoms with Crippen molar-refractivity contribution in [2.75, 3.05) is 0 Å². The molecule has 19 heavy (non-hydrogen) atoms. The topological polar surface area (TPSA) is 54.6 Å². The molecule has 0 atom stereocenters. The van der Waals surface area contributed by atoms with Gasteiger partial charge in [0.2, 0.25) is 0 Å². The predicted octanol–water partition coefficient (Wildman–Crippen LogP) is 3.95. The van der Waals surface area contributed by atoms with Gasteiger partial charge in [0.05, 0.1) is 16.3 Å². The van der Waals surface area contributed by atoms with E-state index in [1.165, 1.54) is 12.3 Å². The summed E-state index contributed by atoms with van der Waals surface area (Å²) in [6.45, 7) is 0. The Labute approximate surface area is 132 Å². The number of nitrogens with one attached hydrogen (secondary N) is 1. The van der Waals surface area contributed by atoms with E-state index in [1.54, 1.807) is 24.3 Å². The molecular formula is C12H7Cl2IN2O2. The van der Waals surface area contributed by atoms with Crippen LogP contribution < -0.4 is 5.43 Å². The number of rotatable bonds is 3. The molecule has 1 aromatic heterocycles. The van der Waals surface area contributed by atoms with Crippen LogP contribution in [0.2, 0.25) is 10.0 Å². The summed E-state index contributed by atoms with van der Waals surface area (Å²) < 4.78 is 6.00. The van der Waals surface area contributed by atoms with Crippen LogP contribution in [-0.2, 0) is 0 Å². The molecule has 1 aromatic carbocycles. The molecule has 2 rings (SSSR count). The highest BCUT2D eigenvalue weighted by Crippen LogP contribution is 2.22. The van der Waals surface area contributed by atoms with E-state index < -0.39 is 0 Å². The molecule has 1 N–H and O–H groups in total. The monoisotopic (exact) mass is 408 g/mol. The molecule has 0 radical (unpaired) electrons. The summed E-state index contributed by atoms with van der Waals surface area (Å²) in [4.78, 5) is 11.7. The van der Waals surface area contributed by atoms with Gasteiger partial charge in [0.1, 0.15) is 5.76 Å². The molecule has 0 unspecified atom stereocenters. The highest BCUT2D eigenvalue weighted by molar-refractivity contribution is 14.1. The third-order valence-electron chi connectivity index (χ3n) is 2.13. The van der Waals surface area contributed by atoms with E-state index >= 15 is 0 Å². The molecule has 0 fully saturated rings. The molecule has 1 heterocycles. The number of amides is 1. The van der Waals surface area contributed by atoms with Crippen LogP contribution in [0, 0.1) is 3.77 Å². The van der Waals surface area contributed by atoms with Crippen molar-refractivity contribution >= 4 is 57.9 Å². The van der Waals surface area contributed by atoms with Crippen molar-refractivity contribution in [1.29, 1.82) is 0 Å². The van der Waals surface area contributed by atoms with Gasteiger partial charge in [0, 0.05) is 5.56 Å². The van der Waals surface area contributed by atoms with Crippen LogP contribution >= 0.6 is 45.8 Å². The molecule has 7 heteroatoms. The van der Waals surface area contributed by atoms with Gasteiger partial charge in [-0.15, -0.1) is 0 Å². The second-order valence-electron chi connectivity index (χ2n) is 3.47. The van der Waals surface area contributed by atoms with Crippen molar-refractivity contribution < 1.29 is 9.21 Å². The fourth-order valence-electron chi connectivity index (χ4n) is 1.25. The van der Waals surface area contributed by atoms with E-state index in [0.717, 1.165) is 3.77 Å². The Kier molecular flexibility index (Phi) is 4.84. The second kappa shape index (κ2) is 6.40. The summed E-state index contributed by atoms with van der Waals surface area (Å²) in [6, 6.07) is 8.14. The molecule has 0 bridgehead atoms. The van der Waals surface area contributed by atoms with Gasteiger partial charge < -0.3 is 4.42 Å². The maximum atomic E-state index is 11.7. The van der Waals surface area contributed by atoms with Crippen LogP contribution in [0.25, 0.3) is 0 Å². The summed E-state index contributed by atoms with van der Waals surface area (Å²) in [6.07, 6.45) is 1.41. The Balaban J connectivity index is 2.01. The zero-order chi connectivity index (χ0) is 13.8. The van der Waals surface area contributed by atoms with Gasteiger partial charge in [-0.3, -0.25) is 4.79 Å². The molecule has 4 nitrogen and oxygen atoms in total. The van der Waals surface area contributed by atoms with E-state index in [-0.39, 0.29) is 5.91 Å². The minimum Gasteiger partial charge on any atom is -0.449 e. The first kappa shape index (κ1) is 14.4. The number of nitrogens with zero attached hydrogens (tertiary/aromatic N) is 1. The number of furan rings is 1. The van der Waals surface area contributed by atoms with Crippen LogP contribution in [0.3, 0.4) is 0 Å². The van der Waals surface area contributed by atoms with E-state index in [0.29, 0.717) is 21.4 Å². The molecule has 0 saturated heterocycles. The lowest BCUT2D eigenvalue weighted by molar-refractivity contribution is 0.0955. The molecule has 0 aliphatic heterocycles. The van der Waals surface area contributed by atoms with Crippen LogP contribution in [0.1, 0.15) is 16.1 Å². The van der Waals surface area contributed by atoms with Gasteiger partial charge in [0.25, 0.3) is 5.91 Å².